The minimum atomic E-state index is -1.09. The molecule has 3 N–H and O–H groups in total. The number of carboxylic acids is 1. The van der Waals surface area contributed by atoms with Gasteiger partial charge < -0.3 is 34.9 Å². The minimum Gasteiger partial charge on any atom is -0.497 e. The molecule has 0 bridgehead atoms. The van der Waals surface area contributed by atoms with Crippen LogP contribution in [0.5, 0.6) is 11.5 Å². The van der Waals surface area contributed by atoms with E-state index < -0.39 is 53.1 Å². The molecule has 1 unspecified atom stereocenters. The van der Waals surface area contributed by atoms with Crippen molar-refractivity contribution < 1.29 is 38.5 Å². The van der Waals surface area contributed by atoms with Crippen molar-refractivity contribution in [2.24, 2.45) is 5.41 Å². The lowest BCUT2D eigenvalue weighted by Crippen LogP contribution is -2.57. The van der Waals surface area contributed by atoms with Crippen LogP contribution in [0.15, 0.2) is 78.9 Å². The van der Waals surface area contributed by atoms with Crippen LogP contribution in [0.25, 0.3) is 22.2 Å². The molecule has 268 valence electrons. The SMILES string of the molecule is COc1ccc2c(O[C@@H]3CC(C(=O)Nc4ccc(C(=O)O)cc4)N(C(=O)[C@@H](NC(=O)OC(C)(C)C)C(C)(C)C)C3)cc(-c3ccccc3)nc2c1. The van der Waals surface area contributed by atoms with E-state index in [0.29, 0.717) is 28.4 Å². The van der Waals surface area contributed by atoms with Crippen LogP contribution >= 0.6 is 0 Å². The maximum Gasteiger partial charge on any atom is 0.408 e. The zero-order valence-electron chi connectivity index (χ0n) is 29.9. The fourth-order valence-corrected chi connectivity index (χ4v) is 5.87. The predicted molar refractivity (Wildman–Crippen MR) is 193 cm³/mol. The van der Waals surface area contributed by atoms with Crippen molar-refractivity contribution in [3.05, 3.63) is 84.4 Å². The van der Waals surface area contributed by atoms with Crippen LogP contribution in [0.3, 0.4) is 0 Å². The molecule has 12 heteroatoms. The smallest absolute Gasteiger partial charge is 0.408 e. The van der Waals surface area contributed by atoms with Crippen molar-refractivity contribution in [1.82, 2.24) is 15.2 Å². The van der Waals surface area contributed by atoms with Gasteiger partial charge in [0.05, 0.1) is 30.4 Å². The molecule has 5 rings (SSSR count). The van der Waals surface area contributed by atoms with Gasteiger partial charge in [-0.3, -0.25) is 9.59 Å². The summed E-state index contributed by atoms with van der Waals surface area (Å²) in [6.07, 6.45) is -1.25. The van der Waals surface area contributed by atoms with Gasteiger partial charge in [0.2, 0.25) is 11.8 Å². The number of methoxy groups -OCH3 is 1. The summed E-state index contributed by atoms with van der Waals surface area (Å²) in [5, 5.41) is 15.6. The number of likely N-dealkylation sites (tertiary alicyclic amines) is 1. The van der Waals surface area contributed by atoms with E-state index in [0.717, 1.165) is 10.9 Å². The summed E-state index contributed by atoms with van der Waals surface area (Å²) in [4.78, 5) is 59.0. The highest BCUT2D eigenvalue weighted by molar-refractivity contribution is 5.99. The number of pyridine rings is 1. The number of hydrogen-bond acceptors (Lipinski definition) is 8. The van der Waals surface area contributed by atoms with E-state index in [1.54, 1.807) is 27.9 Å². The molecule has 3 aromatic carbocycles. The Labute approximate surface area is 297 Å². The van der Waals surface area contributed by atoms with Crippen molar-refractivity contribution in [3.63, 3.8) is 0 Å². The van der Waals surface area contributed by atoms with E-state index in [-0.39, 0.29) is 18.5 Å². The van der Waals surface area contributed by atoms with Crippen molar-refractivity contribution >= 4 is 40.5 Å². The number of carbonyl (C=O) groups excluding carboxylic acids is 3. The number of hydrogen-bond donors (Lipinski definition) is 3. The number of amides is 3. The standard InChI is InChI=1S/C39H44N4O8/c1-38(2,3)33(42-37(48)51-39(4,5)6)35(45)43-22-27(20-31(43)34(44)40-25-15-13-24(14-16-25)36(46)47)50-32-21-29(23-11-9-8-10-12-23)41-30-19-26(49-7)17-18-28(30)32/h8-19,21,27,31,33H,20,22H2,1-7H3,(H,40,44)(H,42,48)(H,46,47)/t27-,31?,33-/m1/s1. The molecule has 3 amide bonds. The zero-order valence-corrected chi connectivity index (χ0v) is 29.9. The number of anilines is 1. The third-order valence-corrected chi connectivity index (χ3v) is 8.36. The second-order valence-corrected chi connectivity index (χ2v) is 14.6. The number of nitrogens with zero attached hydrogens (tertiary/aromatic N) is 2. The average Bonchev–Trinajstić information content (AvgIpc) is 3.50. The molecule has 0 radical (unpaired) electrons. The first kappa shape index (κ1) is 36.6. The summed E-state index contributed by atoms with van der Waals surface area (Å²) < 4.78 is 17.6. The van der Waals surface area contributed by atoms with Crippen LogP contribution < -0.4 is 20.1 Å². The maximum absolute atomic E-state index is 14.4. The maximum atomic E-state index is 14.4. The summed E-state index contributed by atoms with van der Waals surface area (Å²) in [6.45, 7) is 10.7. The van der Waals surface area contributed by atoms with Gasteiger partial charge in [0, 0.05) is 35.2 Å². The highest BCUT2D eigenvalue weighted by Gasteiger charge is 2.46. The Morgan fingerprint density at radius 1 is 0.922 bits per heavy atom. The Morgan fingerprint density at radius 2 is 1.61 bits per heavy atom. The van der Waals surface area contributed by atoms with Crippen LogP contribution in [0.2, 0.25) is 0 Å². The molecule has 0 spiro atoms. The summed E-state index contributed by atoms with van der Waals surface area (Å²) in [5.74, 6) is -0.915. The van der Waals surface area contributed by atoms with Crippen LogP contribution in [0.1, 0.15) is 58.3 Å². The average molecular weight is 697 g/mol. The Hall–Kier alpha value is -5.65. The molecule has 0 saturated carbocycles. The van der Waals surface area contributed by atoms with Gasteiger partial charge in [-0.25, -0.2) is 14.6 Å². The number of benzene rings is 3. The van der Waals surface area contributed by atoms with E-state index in [1.165, 1.54) is 29.2 Å². The molecule has 1 aromatic heterocycles. The second kappa shape index (κ2) is 14.7. The Morgan fingerprint density at radius 3 is 2.22 bits per heavy atom. The van der Waals surface area contributed by atoms with E-state index in [4.69, 9.17) is 19.2 Å². The molecule has 1 aliphatic heterocycles. The largest absolute Gasteiger partial charge is 0.497 e. The van der Waals surface area contributed by atoms with Crippen LogP contribution in [0.4, 0.5) is 10.5 Å². The van der Waals surface area contributed by atoms with Gasteiger partial charge >= 0.3 is 12.1 Å². The molecule has 4 aromatic rings. The number of aromatic nitrogens is 1. The monoisotopic (exact) mass is 696 g/mol. The van der Waals surface area contributed by atoms with E-state index in [9.17, 15) is 24.3 Å². The molecular formula is C39H44N4O8. The first-order valence-corrected chi connectivity index (χ1v) is 16.7. The van der Waals surface area contributed by atoms with E-state index in [1.807, 2.05) is 75.4 Å². The van der Waals surface area contributed by atoms with Gasteiger partial charge in [0.25, 0.3) is 0 Å². The number of rotatable bonds is 9. The minimum absolute atomic E-state index is 0.0398. The number of aromatic carboxylic acids is 1. The Balaban J connectivity index is 1.50. The zero-order chi connectivity index (χ0) is 37.1. The van der Waals surface area contributed by atoms with Crippen molar-refractivity contribution in [2.45, 2.75) is 71.8 Å². The second-order valence-electron chi connectivity index (χ2n) is 14.6. The molecule has 1 saturated heterocycles. The summed E-state index contributed by atoms with van der Waals surface area (Å²) in [7, 11) is 1.58. The van der Waals surface area contributed by atoms with Gasteiger partial charge in [-0.2, -0.15) is 0 Å². The molecule has 3 atom stereocenters. The number of carboxylic acid groups (broad SMARTS) is 1. The van der Waals surface area contributed by atoms with E-state index >= 15 is 0 Å². The lowest BCUT2D eigenvalue weighted by Gasteiger charge is -2.35. The summed E-state index contributed by atoms with van der Waals surface area (Å²) >= 11 is 0. The van der Waals surface area contributed by atoms with Gasteiger partial charge in [-0.15, -0.1) is 0 Å². The number of carbonyl (C=O) groups is 4. The highest BCUT2D eigenvalue weighted by Crippen LogP contribution is 2.35. The summed E-state index contributed by atoms with van der Waals surface area (Å²) in [6, 6.07) is 20.7. The van der Waals surface area contributed by atoms with Gasteiger partial charge in [-0.1, -0.05) is 51.1 Å². The molecule has 1 fully saturated rings. The molecular weight excluding hydrogens is 652 g/mol. The number of ether oxygens (including phenoxy) is 3. The Bertz CT molecular complexity index is 1920. The third kappa shape index (κ3) is 8.94. The van der Waals surface area contributed by atoms with E-state index in [2.05, 4.69) is 10.6 Å². The molecule has 51 heavy (non-hydrogen) atoms. The lowest BCUT2D eigenvalue weighted by molar-refractivity contribution is -0.140. The topological polar surface area (TPSA) is 156 Å². The van der Waals surface area contributed by atoms with Crippen molar-refractivity contribution in [3.8, 4) is 22.8 Å². The van der Waals surface area contributed by atoms with Crippen LogP contribution in [0, 0.1) is 5.41 Å². The fraction of sp³-hybridized carbons (Fsp3) is 0.359. The van der Waals surface area contributed by atoms with Crippen LogP contribution in [-0.4, -0.2) is 76.3 Å². The van der Waals surface area contributed by atoms with Gasteiger partial charge in [0.15, 0.2) is 0 Å². The normalized spacial score (nSPS) is 16.6. The summed E-state index contributed by atoms with van der Waals surface area (Å²) in [5.41, 5.74) is 1.07. The fourth-order valence-electron chi connectivity index (χ4n) is 5.87. The van der Waals surface area contributed by atoms with Crippen LogP contribution in [-0.2, 0) is 14.3 Å². The molecule has 12 nitrogen and oxygen atoms in total. The predicted octanol–water partition coefficient (Wildman–Crippen LogP) is 6.54. The first-order chi connectivity index (χ1) is 24.0. The lowest BCUT2D eigenvalue weighted by atomic mass is 9.85. The number of nitrogens with one attached hydrogen (secondary N) is 2. The molecule has 0 aliphatic carbocycles. The molecule has 1 aliphatic rings. The van der Waals surface area contributed by atoms with Gasteiger partial charge in [0.1, 0.15) is 35.3 Å². The third-order valence-electron chi connectivity index (χ3n) is 8.36. The number of alkyl carbamates (subject to hydrolysis) is 1. The van der Waals surface area contributed by atoms with Crippen molar-refractivity contribution in [2.75, 3.05) is 19.0 Å². The Kier molecular flexibility index (Phi) is 10.5. The molecule has 2 heterocycles. The highest BCUT2D eigenvalue weighted by atomic mass is 16.6. The van der Waals surface area contributed by atoms with Crippen molar-refractivity contribution in [1.29, 1.82) is 0 Å². The van der Waals surface area contributed by atoms with Gasteiger partial charge in [-0.05, 0) is 62.6 Å². The number of fused-ring (bicyclic) bond motifs is 1. The quantitative estimate of drug-likeness (QED) is 0.177. The first-order valence-electron chi connectivity index (χ1n) is 16.7.